The molecule has 0 heterocycles. The third-order valence-electron chi connectivity index (χ3n) is 16.1. The molecule has 3 aromatic rings. The Labute approximate surface area is 561 Å². The van der Waals surface area contributed by atoms with E-state index in [-0.39, 0.29) is 67.9 Å². The Balaban J connectivity index is 1.38. The fourth-order valence-corrected chi connectivity index (χ4v) is 12.2. The molecule has 4 N–H and O–H groups in total. The smallest absolute Gasteiger partial charge is 0.407 e. The van der Waals surface area contributed by atoms with Gasteiger partial charge >= 0.3 is 30.0 Å². The molecule has 518 valence electrons. The molecule has 3 atom stereocenters. The van der Waals surface area contributed by atoms with Crippen LogP contribution in [0.2, 0.25) is 0 Å². The van der Waals surface area contributed by atoms with Crippen LogP contribution >= 0.6 is 11.8 Å². The second-order valence-corrected chi connectivity index (χ2v) is 27.9. The number of fused-ring (bicyclic) bond motifs is 3. The first-order chi connectivity index (χ1) is 44.7. The lowest BCUT2D eigenvalue weighted by atomic mass is 9.98. The maximum Gasteiger partial charge on any atom is 0.407 e. The predicted molar refractivity (Wildman–Crippen MR) is 371 cm³/mol. The van der Waals surface area contributed by atoms with Gasteiger partial charge < -0.3 is 45.0 Å². The van der Waals surface area contributed by atoms with Crippen molar-refractivity contribution in [2.75, 3.05) is 36.6 Å². The SMILES string of the molecule is CCCCCCCCCCCCCCCC(=O)OC[C@H](CSC[C@H](NC(=O)OCC1c2ccccc2-c2ccccc21)C(=O)NCC(=O)Nc1ccc(C(=O)N[C@@H](CCC(=O)OC(C)(C)C)C(=O)OC(C)(C)C)cc1)OC(=O)CCCCCCCCCCCCCCC. The normalized spacial score (nSPS) is 12.9. The molecule has 1 aliphatic rings. The highest BCUT2D eigenvalue weighted by molar-refractivity contribution is 7.99. The predicted octanol–water partition coefficient (Wildman–Crippen LogP) is 16.4. The van der Waals surface area contributed by atoms with Gasteiger partial charge in [-0.15, -0.1) is 0 Å². The van der Waals surface area contributed by atoms with Crippen LogP contribution in [0.25, 0.3) is 11.1 Å². The zero-order chi connectivity index (χ0) is 67.7. The molecular formula is C75H114N4O13S. The maximum atomic E-state index is 14.1. The summed E-state index contributed by atoms with van der Waals surface area (Å²) >= 11 is 1.22. The number of alkyl carbamates (subject to hydrolysis) is 1. The first kappa shape index (κ1) is 79.0. The second-order valence-electron chi connectivity index (χ2n) is 26.9. The van der Waals surface area contributed by atoms with E-state index >= 15 is 0 Å². The van der Waals surface area contributed by atoms with E-state index in [0.29, 0.717) is 18.5 Å². The molecule has 0 fully saturated rings. The summed E-state index contributed by atoms with van der Waals surface area (Å²) in [7, 11) is 0. The molecule has 18 heteroatoms. The Morgan fingerprint density at radius 1 is 0.495 bits per heavy atom. The topological polar surface area (TPSA) is 231 Å². The minimum Gasteiger partial charge on any atom is -0.462 e. The van der Waals surface area contributed by atoms with Gasteiger partial charge in [0, 0.05) is 47.9 Å². The number of hydrogen-bond donors (Lipinski definition) is 4. The average Bonchev–Trinajstić information content (AvgIpc) is 1.63. The number of carbonyl (C=O) groups excluding carboxylic acids is 8. The number of esters is 4. The van der Waals surface area contributed by atoms with Crippen LogP contribution in [0.1, 0.15) is 275 Å². The van der Waals surface area contributed by atoms with Crippen LogP contribution in [0, 0.1) is 0 Å². The van der Waals surface area contributed by atoms with Crippen LogP contribution in [0.4, 0.5) is 10.5 Å². The number of hydrogen-bond acceptors (Lipinski definition) is 14. The van der Waals surface area contributed by atoms with Crippen molar-refractivity contribution in [1.82, 2.24) is 16.0 Å². The Morgan fingerprint density at radius 2 is 0.968 bits per heavy atom. The van der Waals surface area contributed by atoms with E-state index in [1.807, 2.05) is 48.5 Å². The molecular weight excluding hydrogens is 1200 g/mol. The van der Waals surface area contributed by atoms with E-state index in [1.54, 1.807) is 41.5 Å². The van der Waals surface area contributed by atoms with E-state index in [9.17, 15) is 38.4 Å². The third-order valence-corrected chi connectivity index (χ3v) is 17.3. The van der Waals surface area contributed by atoms with E-state index < -0.39 is 77.7 Å². The minimum atomic E-state index is -1.23. The Kier molecular flexibility index (Phi) is 38.3. The van der Waals surface area contributed by atoms with Crippen molar-refractivity contribution in [3.63, 3.8) is 0 Å². The number of ether oxygens (including phenoxy) is 5. The highest BCUT2D eigenvalue weighted by atomic mass is 32.2. The molecule has 4 amide bonds. The monoisotopic (exact) mass is 1310 g/mol. The van der Waals surface area contributed by atoms with Crippen LogP contribution in [-0.2, 0) is 52.5 Å². The number of rotatable bonds is 48. The van der Waals surface area contributed by atoms with Crippen LogP contribution < -0.4 is 21.3 Å². The molecule has 93 heavy (non-hydrogen) atoms. The molecule has 0 saturated carbocycles. The number of unbranched alkanes of at least 4 members (excludes halogenated alkanes) is 24. The van der Waals surface area contributed by atoms with Gasteiger partial charge in [0.2, 0.25) is 11.8 Å². The lowest BCUT2D eigenvalue weighted by Gasteiger charge is -2.25. The molecule has 0 radical (unpaired) electrons. The quantitative estimate of drug-likeness (QED) is 0.0234. The fourth-order valence-electron chi connectivity index (χ4n) is 11.2. The summed E-state index contributed by atoms with van der Waals surface area (Å²) in [6.07, 6.45) is 29.3. The zero-order valence-corrected chi connectivity index (χ0v) is 58.5. The van der Waals surface area contributed by atoms with Gasteiger partial charge in [0.1, 0.15) is 42.6 Å². The number of benzene rings is 3. The molecule has 0 saturated heterocycles. The van der Waals surface area contributed by atoms with Gasteiger partial charge in [-0.3, -0.25) is 28.8 Å². The van der Waals surface area contributed by atoms with Gasteiger partial charge in [0.05, 0.1) is 6.54 Å². The van der Waals surface area contributed by atoms with Gasteiger partial charge in [-0.1, -0.05) is 216 Å². The lowest BCUT2D eigenvalue weighted by molar-refractivity contribution is -0.159. The fraction of sp³-hybridized carbons (Fsp3) is 0.653. The average molecular weight is 1310 g/mol. The Bertz CT molecular complexity index is 2660. The Morgan fingerprint density at radius 3 is 1.46 bits per heavy atom. The number of amides is 4. The molecule has 17 nitrogen and oxygen atoms in total. The van der Waals surface area contributed by atoms with Crippen molar-refractivity contribution >= 4 is 65.1 Å². The van der Waals surface area contributed by atoms with E-state index in [1.165, 1.54) is 152 Å². The van der Waals surface area contributed by atoms with Crippen molar-refractivity contribution in [2.24, 2.45) is 0 Å². The summed E-state index contributed by atoms with van der Waals surface area (Å²) in [5, 5.41) is 10.7. The third kappa shape index (κ3) is 34.5. The van der Waals surface area contributed by atoms with Gasteiger partial charge in [-0.2, -0.15) is 11.8 Å². The molecule has 0 spiro atoms. The maximum absolute atomic E-state index is 14.1. The number of thioether (sulfide) groups is 1. The van der Waals surface area contributed by atoms with Crippen molar-refractivity contribution in [3.8, 4) is 11.1 Å². The summed E-state index contributed by atoms with van der Waals surface area (Å²) in [5.41, 5.74) is 2.98. The molecule has 4 rings (SSSR count). The molecule has 0 unspecified atom stereocenters. The number of nitrogens with one attached hydrogen (secondary N) is 4. The summed E-state index contributed by atoms with van der Waals surface area (Å²) in [6.45, 7) is 14.1. The summed E-state index contributed by atoms with van der Waals surface area (Å²) in [6, 6.07) is 19.4. The summed E-state index contributed by atoms with van der Waals surface area (Å²) < 4.78 is 28.5. The van der Waals surface area contributed by atoms with E-state index in [0.717, 1.165) is 60.8 Å². The highest BCUT2D eigenvalue weighted by Gasteiger charge is 2.32. The molecule has 0 aliphatic heterocycles. The minimum absolute atomic E-state index is 0.00935. The molecule has 0 aromatic heterocycles. The van der Waals surface area contributed by atoms with Crippen LogP contribution in [0.15, 0.2) is 72.8 Å². The number of carbonyl (C=O) groups is 8. The van der Waals surface area contributed by atoms with Gasteiger partial charge in [0.15, 0.2) is 0 Å². The number of anilines is 1. The van der Waals surface area contributed by atoms with Crippen LogP contribution in [-0.4, -0.2) is 108 Å². The summed E-state index contributed by atoms with van der Waals surface area (Å²) in [5.74, 6) is -4.09. The van der Waals surface area contributed by atoms with Crippen LogP contribution in [0.5, 0.6) is 0 Å². The van der Waals surface area contributed by atoms with E-state index in [4.69, 9.17) is 23.7 Å². The van der Waals surface area contributed by atoms with Gasteiger partial charge in [-0.25, -0.2) is 9.59 Å². The second kappa shape index (κ2) is 45.0. The first-order valence-electron chi connectivity index (χ1n) is 35.1. The van der Waals surface area contributed by atoms with Crippen molar-refractivity contribution in [3.05, 3.63) is 89.5 Å². The Hall–Kier alpha value is -6.43. The standard InChI is InChI=1S/C75H114N4O13S/c1-9-11-13-15-17-19-21-23-25-27-29-31-33-43-67(81)88-52-58(90-68(82)44-34-32-30-28-26-24-22-20-18-16-14-12-10-2)54-93-55-65(79-73(87)89-53-63-61-41-37-35-39-59(61)60-40-36-38-42-62(60)63)71(85)76-51-66(80)77-57-47-45-56(46-48-57)70(84)78-64(72(86)92-75(6,7)8)49-50-69(83)91-74(3,4)5/h35-42,45-48,58,63-65H,9-34,43-44,49-55H2,1-8H3,(H,76,85)(H,77,80)(H,78,84)(H,79,87)/t58-,64+,65+/m1/s1. The zero-order valence-electron chi connectivity index (χ0n) is 57.7. The van der Waals surface area contributed by atoms with E-state index in [2.05, 4.69) is 35.1 Å². The van der Waals surface area contributed by atoms with Gasteiger partial charge in [0.25, 0.3) is 5.91 Å². The summed E-state index contributed by atoms with van der Waals surface area (Å²) in [4.78, 5) is 107. The largest absolute Gasteiger partial charge is 0.462 e. The van der Waals surface area contributed by atoms with Crippen molar-refractivity contribution in [1.29, 1.82) is 0 Å². The molecule has 3 aromatic carbocycles. The van der Waals surface area contributed by atoms with Crippen LogP contribution in [0.3, 0.4) is 0 Å². The van der Waals surface area contributed by atoms with Crippen molar-refractivity contribution in [2.45, 2.75) is 283 Å². The van der Waals surface area contributed by atoms with Crippen molar-refractivity contribution < 1.29 is 62.0 Å². The molecule has 0 bridgehead atoms. The van der Waals surface area contributed by atoms with Gasteiger partial charge in [-0.05, 0) is 107 Å². The lowest BCUT2D eigenvalue weighted by Crippen LogP contribution is -2.50. The highest BCUT2D eigenvalue weighted by Crippen LogP contribution is 2.44. The molecule has 1 aliphatic carbocycles. The first-order valence-corrected chi connectivity index (χ1v) is 36.3.